The molecule has 3 nitrogen and oxygen atoms in total. The van der Waals surface area contributed by atoms with E-state index < -0.39 is 0 Å². The van der Waals surface area contributed by atoms with Crippen LogP contribution in [0.15, 0.2) is 24.4 Å². The third-order valence-corrected chi connectivity index (χ3v) is 3.61. The summed E-state index contributed by atoms with van der Waals surface area (Å²) in [6.07, 6.45) is 1.65. The van der Waals surface area contributed by atoms with Gasteiger partial charge in [-0.1, -0.05) is 29.3 Å². The van der Waals surface area contributed by atoms with E-state index in [2.05, 4.69) is 32.6 Å². The van der Waals surface area contributed by atoms with E-state index in [1.54, 1.807) is 24.4 Å². The van der Waals surface area contributed by atoms with Gasteiger partial charge >= 0.3 is 0 Å². The molecule has 0 saturated carbocycles. The van der Waals surface area contributed by atoms with E-state index in [1.165, 1.54) is 0 Å². The third-order valence-electron chi connectivity index (χ3n) is 1.96. The van der Waals surface area contributed by atoms with Crippen molar-refractivity contribution in [2.75, 3.05) is 5.73 Å². The summed E-state index contributed by atoms with van der Waals surface area (Å²) in [5.74, 6) is 0.909. The summed E-state index contributed by atoms with van der Waals surface area (Å²) >= 11 is 14.0. The third kappa shape index (κ3) is 2.23. The van der Waals surface area contributed by atoms with Gasteiger partial charge in [0.25, 0.3) is 0 Å². The van der Waals surface area contributed by atoms with E-state index in [0.29, 0.717) is 27.3 Å². The van der Waals surface area contributed by atoms with Gasteiger partial charge in [0.15, 0.2) is 5.82 Å². The summed E-state index contributed by atoms with van der Waals surface area (Å²) in [4.78, 5) is 8.33. The van der Waals surface area contributed by atoms with Gasteiger partial charge in [0, 0.05) is 11.8 Å². The Hall–Kier alpha value is -0.590. The van der Waals surface area contributed by atoms with Gasteiger partial charge < -0.3 is 5.73 Å². The summed E-state index contributed by atoms with van der Waals surface area (Å²) in [5, 5.41) is 0.907. The molecular weight excluding hydrogens is 360 g/mol. The molecule has 0 unspecified atom stereocenters. The number of anilines is 1. The first-order chi connectivity index (χ1) is 7.59. The fraction of sp³-hybridized carbons (Fsp3) is 0. The molecule has 16 heavy (non-hydrogen) atoms. The van der Waals surface area contributed by atoms with Crippen molar-refractivity contribution < 1.29 is 0 Å². The largest absolute Gasteiger partial charge is 0.383 e. The fourth-order valence-corrected chi connectivity index (χ4v) is 1.83. The van der Waals surface area contributed by atoms with Crippen LogP contribution in [0.5, 0.6) is 0 Å². The number of aromatic nitrogens is 2. The summed E-state index contributed by atoms with van der Waals surface area (Å²) < 4.78 is 0.805. The number of hydrogen-bond acceptors (Lipinski definition) is 3. The van der Waals surface area contributed by atoms with Crippen molar-refractivity contribution >= 4 is 51.6 Å². The topological polar surface area (TPSA) is 51.8 Å². The highest BCUT2D eigenvalue weighted by molar-refractivity contribution is 14.1. The van der Waals surface area contributed by atoms with Crippen molar-refractivity contribution in [3.63, 3.8) is 0 Å². The van der Waals surface area contributed by atoms with Crippen LogP contribution in [0.4, 0.5) is 5.82 Å². The number of rotatable bonds is 1. The van der Waals surface area contributed by atoms with Gasteiger partial charge in [-0.05, 0) is 34.7 Å². The van der Waals surface area contributed by atoms with Crippen molar-refractivity contribution in [3.05, 3.63) is 38.0 Å². The minimum absolute atomic E-state index is 0.432. The Morgan fingerprint density at radius 2 is 2.00 bits per heavy atom. The van der Waals surface area contributed by atoms with Crippen LogP contribution in [-0.2, 0) is 0 Å². The van der Waals surface area contributed by atoms with Gasteiger partial charge in [-0.3, -0.25) is 0 Å². The first kappa shape index (κ1) is 11.9. The smallest absolute Gasteiger partial charge is 0.163 e. The summed E-state index contributed by atoms with van der Waals surface area (Å²) in [6, 6.07) is 5.31. The summed E-state index contributed by atoms with van der Waals surface area (Å²) in [7, 11) is 0. The van der Waals surface area contributed by atoms with Gasteiger partial charge in [-0.2, -0.15) is 0 Å². The quantitative estimate of drug-likeness (QED) is 0.785. The molecule has 1 aromatic heterocycles. The second-order valence-corrected chi connectivity index (χ2v) is 4.98. The second-order valence-electron chi connectivity index (χ2n) is 3.03. The first-order valence-corrected chi connectivity index (χ1v) is 6.15. The number of benzene rings is 1. The van der Waals surface area contributed by atoms with Crippen LogP contribution in [0.25, 0.3) is 11.4 Å². The zero-order chi connectivity index (χ0) is 11.7. The molecule has 0 aliphatic heterocycles. The van der Waals surface area contributed by atoms with Crippen LogP contribution in [0.2, 0.25) is 10.0 Å². The zero-order valence-electron chi connectivity index (χ0n) is 7.92. The predicted octanol–water partition coefficient (Wildman–Crippen LogP) is 3.64. The number of halogens is 3. The maximum absolute atomic E-state index is 6.07. The van der Waals surface area contributed by atoms with Crippen LogP contribution < -0.4 is 5.73 Å². The molecule has 0 atom stereocenters. The fourth-order valence-electron chi connectivity index (χ4n) is 1.19. The molecule has 0 spiro atoms. The van der Waals surface area contributed by atoms with E-state index in [9.17, 15) is 0 Å². The molecule has 0 radical (unpaired) electrons. The highest BCUT2D eigenvalue weighted by Crippen LogP contribution is 2.31. The number of hydrogen-bond donors (Lipinski definition) is 1. The molecule has 0 amide bonds. The van der Waals surface area contributed by atoms with Crippen LogP contribution in [0.1, 0.15) is 0 Å². The first-order valence-electron chi connectivity index (χ1n) is 4.32. The van der Waals surface area contributed by atoms with Crippen molar-refractivity contribution in [1.82, 2.24) is 9.97 Å². The highest BCUT2D eigenvalue weighted by atomic mass is 127. The molecule has 0 aliphatic rings. The van der Waals surface area contributed by atoms with Crippen LogP contribution >= 0.6 is 45.8 Å². The van der Waals surface area contributed by atoms with Crippen LogP contribution in [-0.4, -0.2) is 9.97 Å². The van der Waals surface area contributed by atoms with Gasteiger partial charge in [0.2, 0.25) is 0 Å². The summed E-state index contributed by atoms with van der Waals surface area (Å²) in [6.45, 7) is 0. The Morgan fingerprint density at radius 3 is 2.69 bits per heavy atom. The second kappa shape index (κ2) is 4.73. The van der Waals surface area contributed by atoms with Crippen LogP contribution in [0.3, 0.4) is 0 Å². The van der Waals surface area contributed by atoms with Gasteiger partial charge in [-0.25, -0.2) is 9.97 Å². The SMILES string of the molecule is Nc1nc(-c2cccc(Cl)c2Cl)ncc1I. The van der Waals surface area contributed by atoms with Crippen molar-refractivity contribution in [3.8, 4) is 11.4 Å². The molecule has 1 aromatic carbocycles. The number of nitrogens with zero attached hydrogens (tertiary/aromatic N) is 2. The minimum Gasteiger partial charge on any atom is -0.383 e. The average molecular weight is 366 g/mol. The van der Waals surface area contributed by atoms with E-state index in [-0.39, 0.29) is 0 Å². The Kier molecular flexibility index (Phi) is 3.51. The molecule has 2 aromatic rings. The van der Waals surface area contributed by atoms with E-state index in [0.717, 1.165) is 3.57 Å². The Balaban J connectivity index is 2.59. The van der Waals surface area contributed by atoms with Crippen LogP contribution in [0, 0.1) is 3.57 Å². The number of nitrogen functional groups attached to an aromatic ring is 1. The minimum atomic E-state index is 0.432. The molecule has 0 saturated heterocycles. The maximum atomic E-state index is 6.07. The molecule has 82 valence electrons. The molecule has 2 N–H and O–H groups in total. The monoisotopic (exact) mass is 365 g/mol. The molecule has 1 heterocycles. The Labute approximate surface area is 116 Å². The van der Waals surface area contributed by atoms with Gasteiger partial charge in [-0.15, -0.1) is 0 Å². The van der Waals surface area contributed by atoms with Crippen molar-refractivity contribution in [2.24, 2.45) is 0 Å². The standard InChI is InChI=1S/C10H6Cl2IN3/c11-6-3-1-2-5(8(6)12)10-15-4-7(13)9(14)16-10/h1-4H,(H2,14,15,16). The molecular formula is C10H6Cl2IN3. The zero-order valence-corrected chi connectivity index (χ0v) is 11.6. The van der Waals surface area contributed by atoms with Crippen molar-refractivity contribution in [2.45, 2.75) is 0 Å². The van der Waals surface area contributed by atoms with Gasteiger partial charge in [0.1, 0.15) is 5.82 Å². The van der Waals surface area contributed by atoms with Crippen molar-refractivity contribution in [1.29, 1.82) is 0 Å². The lowest BCUT2D eigenvalue weighted by Gasteiger charge is -2.05. The van der Waals surface area contributed by atoms with E-state index in [1.807, 2.05) is 0 Å². The van der Waals surface area contributed by atoms with E-state index in [4.69, 9.17) is 28.9 Å². The summed E-state index contributed by atoms with van der Waals surface area (Å²) in [5.41, 5.74) is 6.39. The molecule has 2 rings (SSSR count). The highest BCUT2D eigenvalue weighted by Gasteiger charge is 2.10. The van der Waals surface area contributed by atoms with Gasteiger partial charge in [0.05, 0.1) is 13.6 Å². The molecule has 0 fully saturated rings. The maximum Gasteiger partial charge on any atom is 0.163 e. The molecule has 0 bridgehead atoms. The predicted molar refractivity (Wildman–Crippen MR) is 74.6 cm³/mol. The number of nitrogens with two attached hydrogens (primary N) is 1. The normalized spacial score (nSPS) is 10.4. The molecule has 0 aliphatic carbocycles. The Bertz CT molecular complexity index is 546. The lowest BCUT2D eigenvalue weighted by molar-refractivity contribution is 1.17. The Morgan fingerprint density at radius 1 is 1.25 bits per heavy atom. The average Bonchev–Trinajstić information content (AvgIpc) is 2.26. The lowest BCUT2D eigenvalue weighted by Crippen LogP contribution is -1.98. The lowest BCUT2D eigenvalue weighted by atomic mass is 10.2. The van der Waals surface area contributed by atoms with E-state index >= 15 is 0 Å². The molecule has 6 heteroatoms.